The minimum atomic E-state index is -1.39. The van der Waals surface area contributed by atoms with Crippen molar-refractivity contribution in [2.45, 2.75) is 6.23 Å². The second kappa shape index (κ2) is 15.0. The lowest BCUT2D eigenvalue weighted by Crippen LogP contribution is -2.24. The molecule has 4 aromatic rings. The third kappa shape index (κ3) is 8.18. The van der Waals surface area contributed by atoms with E-state index in [1.807, 2.05) is 24.3 Å². The molecular weight excluding hydrogens is 540 g/mol. The maximum atomic E-state index is 15.0. The Labute approximate surface area is 243 Å². The van der Waals surface area contributed by atoms with Crippen molar-refractivity contribution in [3.8, 4) is 11.1 Å². The molecule has 0 spiro atoms. The Kier molecular flexibility index (Phi) is 11.2. The molecule has 1 unspecified atom stereocenters. The Morgan fingerprint density at radius 2 is 1.67 bits per heavy atom. The zero-order valence-electron chi connectivity index (χ0n) is 23.3. The summed E-state index contributed by atoms with van der Waals surface area (Å²) in [6.07, 6.45) is 3.19. The van der Waals surface area contributed by atoms with Crippen LogP contribution in [0, 0.1) is 17.0 Å². The van der Waals surface area contributed by atoms with Crippen LogP contribution < -0.4 is 10.2 Å². The predicted octanol–water partition coefficient (Wildman–Crippen LogP) is 6.48. The van der Waals surface area contributed by atoms with E-state index in [1.54, 1.807) is 43.4 Å². The fraction of sp³-hybridized carbons (Fsp3) is 0.121. The average molecular weight is 572 g/mol. The maximum absolute atomic E-state index is 15.0. The number of aliphatic hydroxyl groups excluding tert-OH is 1. The number of carbonyl (C=O) groups excluding carboxylic acids is 2. The highest BCUT2D eigenvalue weighted by molar-refractivity contribution is 5.88. The molecule has 1 atom stereocenters. The Hall–Kier alpha value is -5.15. The molecule has 9 heteroatoms. The first-order chi connectivity index (χ1) is 20.2. The molecule has 42 heavy (non-hydrogen) atoms. The van der Waals surface area contributed by atoms with Crippen molar-refractivity contribution in [1.82, 2.24) is 0 Å². The molecule has 0 aliphatic heterocycles. The topological polar surface area (TPSA) is 103 Å². The van der Waals surface area contributed by atoms with E-state index in [9.17, 15) is 19.1 Å². The van der Waals surface area contributed by atoms with Crippen LogP contribution in [0.1, 0.15) is 33.3 Å². The highest BCUT2D eigenvalue weighted by Gasteiger charge is 2.20. The van der Waals surface area contributed by atoms with E-state index in [-0.39, 0.29) is 5.56 Å². The van der Waals surface area contributed by atoms with Crippen molar-refractivity contribution in [3.05, 3.63) is 125 Å². The van der Waals surface area contributed by atoms with Gasteiger partial charge >= 0.3 is 5.97 Å². The summed E-state index contributed by atoms with van der Waals surface area (Å²) in [6.45, 7) is 0. The average Bonchev–Trinajstić information content (AvgIpc) is 3.02. The molecule has 7 nitrogen and oxygen atoms in total. The Morgan fingerprint density at radius 3 is 2.26 bits per heavy atom. The number of ether oxygens (including phenoxy) is 1. The van der Waals surface area contributed by atoms with Crippen LogP contribution in [0.15, 0.2) is 91.0 Å². The minimum absolute atomic E-state index is 0.0151. The number of nitrogens with one attached hydrogen (secondary N) is 2. The van der Waals surface area contributed by atoms with E-state index in [4.69, 9.17) is 5.41 Å². The Bertz CT molecular complexity index is 1580. The highest BCUT2D eigenvalue weighted by Crippen LogP contribution is 2.31. The van der Waals surface area contributed by atoms with Gasteiger partial charge in [0.15, 0.2) is 6.23 Å². The maximum Gasteiger partial charge on any atom is 0.330 e. The SMILES string of the molecule is CNc1ccc(-c2ccc(C(O)N(C)c3cc(F)cc(/C=C/C(=O)OC)c3)c(F)c2)cc1C=N.O=Cc1ccccc1. The Balaban J connectivity index is 0.000000521. The number of anilines is 2. The van der Waals surface area contributed by atoms with Crippen LogP contribution in [-0.4, -0.2) is 44.8 Å². The van der Waals surface area contributed by atoms with Crippen LogP contribution in [0.2, 0.25) is 0 Å². The van der Waals surface area contributed by atoms with Gasteiger partial charge in [0.25, 0.3) is 0 Å². The van der Waals surface area contributed by atoms with Gasteiger partial charge in [-0.15, -0.1) is 0 Å². The molecule has 0 aromatic heterocycles. The number of aldehydes is 1. The minimum Gasteiger partial charge on any atom is -0.466 e. The number of aliphatic hydroxyl groups is 1. The molecule has 0 saturated heterocycles. The normalized spacial score (nSPS) is 11.2. The first-order valence-electron chi connectivity index (χ1n) is 12.8. The number of rotatable bonds is 9. The van der Waals surface area contributed by atoms with E-state index in [0.717, 1.165) is 29.2 Å². The summed E-state index contributed by atoms with van der Waals surface area (Å²) >= 11 is 0. The second-order valence-electron chi connectivity index (χ2n) is 9.05. The zero-order valence-corrected chi connectivity index (χ0v) is 23.3. The van der Waals surface area contributed by atoms with E-state index >= 15 is 4.39 Å². The first kappa shape index (κ1) is 31.4. The van der Waals surface area contributed by atoms with Crippen LogP contribution in [0.5, 0.6) is 0 Å². The lowest BCUT2D eigenvalue weighted by Gasteiger charge is -2.27. The van der Waals surface area contributed by atoms with Crippen LogP contribution in [0.25, 0.3) is 17.2 Å². The van der Waals surface area contributed by atoms with Crippen LogP contribution >= 0.6 is 0 Å². The summed E-state index contributed by atoms with van der Waals surface area (Å²) in [5.41, 5.74) is 4.16. The highest BCUT2D eigenvalue weighted by atomic mass is 19.1. The smallest absolute Gasteiger partial charge is 0.330 e. The summed E-state index contributed by atoms with van der Waals surface area (Å²) in [6, 6.07) is 22.9. The molecule has 0 saturated carbocycles. The summed E-state index contributed by atoms with van der Waals surface area (Å²) in [5, 5.41) is 21.4. The standard InChI is InChI=1S/C26H25F2N3O3.C7H6O/c1-30-24-8-6-17(12-19(24)15-29)18-5-7-22(23(28)13-18)26(33)31(2)21-11-16(10-20(27)14-21)4-9-25(32)34-3;8-6-7-4-2-1-3-5-7/h4-15,26,29-30,33H,1-3H3;1-6H/b9-4+,29-15?;. The fourth-order valence-corrected chi connectivity index (χ4v) is 4.02. The first-order valence-corrected chi connectivity index (χ1v) is 12.8. The quantitative estimate of drug-likeness (QED) is 0.0699. The van der Waals surface area contributed by atoms with Gasteiger partial charge in [-0.25, -0.2) is 13.6 Å². The molecule has 4 rings (SSSR count). The number of hydrogen-bond acceptors (Lipinski definition) is 7. The Morgan fingerprint density at radius 1 is 0.976 bits per heavy atom. The van der Waals surface area contributed by atoms with E-state index in [1.165, 1.54) is 55.6 Å². The molecule has 0 fully saturated rings. The van der Waals surface area contributed by atoms with Crippen LogP contribution in [0.3, 0.4) is 0 Å². The third-order valence-corrected chi connectivity index (χ3v) is 6.32. The second-order valence-corrected chi connectivity index (χ2v) is 9.05. The molecule has 0 bridgehead atoms. The summed E-state index contributed by atoms with van der Waals surface area (Å²) in [5.74, 6) is -1.80. The number of nitrogens with zero attached hydrogens (tertiary/aromatic N) is 1. The predicted molar refractivity (Wildman–Crippen MR) is 162 cm³/mol. The lowest BCUT2D eigenvalue weighted by atomic mass is 10.00. The van der Waals surface area contributed by atoms with Crippen molar-refractivity contribution in [1.29, 1.82) is 5.41 Å². The molecule has 0 heterocycles. The summed E-state index contributed by atoms with van der Waals surface area (Å²) in [4.78, 5) is 22.6. The lowest BCUT2D eigenvalue weighted by molar-refractivity contribution is -0.134. The van der Waals surface area contributed by atoms with Gasteiger partial charge in [-0.3, -0.25) is 4.79 Å². The monoisotopic (exact) mass is 571 g/mol. The molecule has 0 aliphatic rings. The van der Waals surface area contributed by atoms with Gasteiger partial charge in [-0.05, 0) is 59.2 Å². The molecular formula is C33H31F2N3O4. The van der Waals surface area contributed by atoms with Gasteiger partial charge in [-0.2, -0.15) is 0 Å². The number of hydrogen-bond donors (Lipinski definition) is 3. The number of halogens is 2. The molecule has 3 N–H and O–H groups in total. The molecule has 0 radical (unpaired) electrons. The fourth-order valence-electron chi connectivity index (χ4n) is 4.02. The molecule has 216 valence electrons. The summed E-state index contributed by atoms with van der Waals surface area (Å²) < 4.78 is 33.7. The number of esters is 1. The van der Waals surface area contributed by atoms with Crippen molar-refractivity contribution >= 4 is 35.9 Å². The van der Waals surface area contributed by atoms with E-state index < -0.39 is 23.8 Å². The zero-order chi connectivity index (χ0) is 30.6. The van der Waals surface area contributed by atoms with Crippen LogP contribution in [-0.2, 0) is 9.53 Å². The van der Waals surface area contributed by atoms with Gasteiger partial charge in [0.05, 0.1) is 7.11 Å². The summed E-state index contributed by atoms with van der Waals surface area (Å²) in [7, 11) is 4.50. The van der Waals surface area contributed by atoms with Crippen molar-refractivity contribution in [3.63, 3.8) is 0 Å². The van der Waals surface area contributed by atoms with Gasteiger partial charge in [0.1, 0.15) is 17.9 Å². The van der Waals surface area contributed by atoms with Gasteiger partial charge < -0.3 is 25.5 Å². The molecule has 0 aliphatic carbocycles. The third-order valence-electron chi connectivity index (χ3n) is 6.32. The van der Waals surface area contributed by atoms with Crippen LogP contribution in [0.4, 0.5) is 20.2 Å². The van der Waals surface area contributed by atoms with Gasteiger partial charge in [0, 0.05) is 54.5 Å². The van der Waals surface area contributed by atoms with Crippen molar-refractivity contribution in [2.24, 2.45) is 0 Å². The largest absolute Gasteiger partial charge is 0.466 e. The van der Waals surface area contributed by atoms with Gasteiger partial charge in [0.2, 0.25) is 0 Å². The van der Waals surface area contributed by atoms with E-state index in [2.05, 4.69) is 10.1 Å². The van der Waals surface area contributed by atoms with Gasteiger partial charge in [-0.1, -0.05) is 48.5 Å². The van der Waals surface area contributed by atoms with Crippen molar-refractivity contribution < 1.29 is 28.2 Å². The molecule has 0 amide bonds. The van der Waals surface area contributed by atoms with E-state index in [0.29, 0.717) is 22.4 Å². The number of methoxy groups -OCH3 is 1. The number of benzene rings is 4. The van der Waals surface area contributed by atoms with Crippen molar-refractivity contribution in [2.75, 3.05) is 31.4 Å². The molecule has 4 aromatic carbocycles. The number of carbonyl (C=O) groups is 2.